The minimum Gasteiger partial charge on any atom is -0.456 e. The van der Waals surface area contributed by atoms with E-state index in [-0.39, 0.29) is 23.6 Å². The van der Waals surface area contributed by atoms with Gasteiger partial charge in [0.1, 0.15) is 5.60 Å². The predicted octanol–water partition coefficient (Wildman–Crippen LogP) is 1.90. The Morgan fingerprint density at radius 1 is 1.53 bits per heavy atom. The lowest BCUT2D eigenvalue weighted by Gasteiger charge is -2.70. The number of ether oxygens (including phenoxy) is 1. The lowest BCUT2D eigenvalue weighted by Crippen LogP contribution is -2.70. The van der Waals surface area contributed by atoms with Gasteiger partial charge >= 0.3 is 5.97 Å². The second-order valence-corrected chi connectivity index (χ2v) is 6.53. The summed E-state index contributed by atoms with van der Waals surface area (Å²) >= 11 is 0. The van der Waals surface area contributed by atoms with Crippen molar-refractivity contribution in [2.75, 3.05) is 6.61 Å². The average Bonchev–Trinajstić information content (AvgIpc) is 2.23. The van der Waals surface area contributed by atoms with Gasteiger partial charge < -0.3 is 9.84 Å². The van der Waals surface area contributed by atoms with Crippen LogP contribution in [0.4, 0.5) is 0 Å². The molecular weight excluding hydrogens is 216 g/mol. The molecule has 94 valence electrons. The van der Waals surface area contributed by atoms with Crippen LogP contribution in [0.2, 0.25) is 0 Å². The molecule has 0 amide bonds. The Morgan fingerprint density at radius 3 is 2.82 bits per heavy atom. The van der Waals surface area contributed by atoms with E-state index < -0.39 is 0 Å². The molecular formula is C14H20O3. The summed E-state index contributed by atoms with van der Waals surface area (Å²) in [5, 5.41) is 9.56. The first-order chi connectivity index (χ1) is 8.02. The van der Waals surface area contributed by atoms with Gasteiger partial charge in [-0.1, -0.05) is 13.5 Å². The van der Waals surface area contributed by atoms with Crippen molar-refractivity contribution < 1.29 is 14.6 Å². The first-order valence-electron chi connectivity index (χ1n) is 6.48. The number of carbonyl (C=O) groups is 1. The molecule has 3 saturated carbocycles. The summed E-state index contributed by atoms with van der Waals surface area (Å²) in [6.07, 6.45) is 5.39. The number of hydrogen-bond acceptors (Lipinski definition) is 3. The Labute approximate surface area is 102 Å². The predicted molar refractivity (Wildman–Crippen MR) is 63.2 cm³/mol. The zero-order valence-corrected chi connectivity index (χ0v) is 10.3. The van der Waals surface area contributed by atoms with E-state index in [1.54, 1.807) is 0 Å². The van der Waals surface area contributed by atoms with Crippen LogP contribution in [0, 0.1) is 23.2 Å². The van der Waals surface area contributed by atoms with Gasteiger partial charge in [0.2, 0.25) is 0 Å². The molecule has 3 aliphatic carbocycles. The number of esters is 1. The molecule has 0 aliphatic heterocycles. The summed E-state index contributed by atoms with van der Waals surface area (Å²) in [4.78, 5) is 11.5. The molecule has 1 N–H and O–H groups in total. The van der Waals surface area contributed by atoms with Gasteiger partial charge in [0.25, 0.3) is 0 Å². The summed E-state index contributed by atoms with van der Waals surface area (Å²) in [5.74, 6) is 1.67. The Kier molecular flexibility index (Phi) is 2.22. The molecule has 5 atom stereocenters. The Morgan fingerprint density at radius 2 is 2.24 bits per heavy atom. The smallest absolute Gasteiger partial charge is 0.330 e. The molecule has 3 heteroatoms. The monoisotopic (exact) mass is 236 g/mol. The van der Waals surface area contributed by atoms with E-state index in [1.807, 2.05) is 0 Å². The minimum absolute atomic E-state index is 0.0754. The normalized spacial score (nSPS) is 50.6. The first-order valence-corrected chi connectivity index (χ1v) is 6.48. The van der Waals surface area contributed by atoms with Crippen LogP contribution in [0.5, 0.6) is 0 Å². The van der Waals surface area contributed by atoms with Gasteiger partial charge in [0.15, 0.2) is 0 Å². The van der Waals surface area contributed by atoms with Crippen molar-refractivity contribution in [3.8, 4) is 0 Å². The van der Waals surface area contributed by atoms with Crippen LogP contribution in [0.25, 0.3) is 0 Å². The molecule has 3 fully saturated rings. The van der Waals surface area contributed by atoms with Crippen LogP contribution in [0.3, 0.4) is 0 Å². The van der Waals surface area contributed by atoms with Gasteiger partial charge in [-0.05, 0) is 42.9 Å². The highest BCUT2D eigenvalue weighted by molar-refractivity contribution is 5.81. The van der Waals surface area contributed by atoms with E-state index in [2.05, 4.69) is 13.5 Å². The van der Waals surface area contributed by atoms with E-state index in [0.717, 1.165) is 25.2 Å². The third-order valence-electron chi connectivity index (χ3n) is 5.17. The fraction of sp³-hybridized carbons (Fsp3) is 0.786. The largest absolute Gasteiger partial charge is 0.456 e. The van der Waals surface area contributed by atoms with Crippen molar-refractivity contribution in [2.24, 2.45) is 23.2 Å². The minimum atomic E-state index is -0.309. The summed E-state index contributed by atoms with van der Waals surface area (Å²) in [5.41, 5.74) is -0.359. The van der Waals surface area contributed by atoms with Crippen LogP contribution < -0.4 is 0 Å². The Hall–Kier alpha value is -0.830. The number of hydrogen-bond donors (Lipinski definition) is 1. The zero-order valence-electron chi connectivity index (χ0n) is 10.3. The Bertz CT molecular complexity index is 378. The van der Waals surface area contributed by atoms with Gasteiger partial charge in [-0.2, -0.15) is 0 Å². The molecule has 0 heterocycles. The van der Waals surface area contributed by atoms with E-state index >= 15 is 0 Å². The number of aliphatic hydroxyl groups is 1. The number of aliphatic hydroxyl groups excluding tert-OH is 1. The highest BCUT2D eigenvalue weighted by atomic mass is 16.6. The maximum Gasteiger partial charge on any atom is 0.330 e. The van der Waals surface area contributed by atoms with E-state index in [0.29, 0.717) is 11.8 Å². The van der Waals surface area contributed by atoms with Crippen molar-refractivity contribution in [3.05, 3.63) is 12.7 Å². The topological polar surface area (TPSA) is 46.5 Å². The maximum atomic E-state index is 11.5. The van der Waals surface area contributed by atoms with Crippen molar-refractivity contribution >= 4 is 5.97 Å². The third kappa shape index (κ3) is 1.41. The van der Waals surface area contributed by atoms with Gasteiger partial charge in [0, 0.05) is 18.6 Å². The molecule has 0 saturated heterocycles. The van der Waals surface area contributed by atoms with Crippen LogP contribution in [0.15, 0.2) is 12.7 Å². The summed E-state index contributed by atoms with van der Waals surface area (Å²) in [6, 6.07) is 0. The molecule has 17 heavy (non-hydrogen) atoms. The molecule has 0 aromatic heterocycles. The van der Waals surface area contributed by atoms with Gasteiger partial charge in [-0.25, -0.2) is 4.79 Å². The van der Waals surface area contributed by atoms with Crippen molar-refractivity contribution in [1.82, 2.24) is 0 Å². The van der Waals surface area contributed by atoms with E-state index in [9.17, 15) is 9.90 Å². The Balaban J connectivity index is 1.83. The van der Waals surface area contributed by atoms with Crippen LogP contribution in [-0.4, -0.2) is 23.3 Å². The molecule has 0 aromatic carbocycles. The van der Waals surface area contributed by atoms with Crippen molar-refractivity contribution in [2.45, 2.75) is 38.2 Å². The molecule has 3 nitrogen and oxygen atoms in total. The van der Waals surface area contributed by atoms with Crippen molar-refractivity contribution in [3.63, 3.8) is 0 Å². The fourth-order valence-corrected chi connectivity index (χ4v) is 4.70. The van der Waals surface area contributed by atoms with Gasteiger partial charge in [0.05, 0.1) is 0 Å². The lowest BCUT2D eigenvalue weighted by molar-refractivity contribution is -0.279. The average molecular weight is 236 g/mol. The fourth-order valence-electron chi connectivity index (χ4n) is 4.70. The third-order valence-corrected chi connectivity index (χ3v) is 5.17. The lowest BCUT2D eigenvalue weighted by atomic mass is 9.38. The maximum absolute atomic E-state index is 11.5. The van der Waals surface area contributed by atoms with Crippen LogP contribution in [-0.2, 0) is 9.53 Å². The first kappa shape index (κ1) is 11.3. The highest BCUT2D eigenvalue weighted by Crippen LogP contribution is 2.70. The molecule has 3 rings (SSSR count). The summed E-state index contributed by atoms with van der Waals surface area (Å²) < 4.78 is 5.66. The second kappa shape index (κ2) is 3.35. The van der Waals surface area contributed by atoms with Gasteiger partial charge in [-0.15, -0.1) is 0 Å². The molecule has 0 radical (unpaired) electrons. The number of rotatable bonds is 3. The number of carbonyl (C=O) groups excluding carboxylic acids is 1. The van der Waals surface area contributed by atoms with Crippen molar-refractivity contribution in [1.29, 1.82) is 0 Å². The van der Waals surface area contributed by atoms with Crippen LogP contribution >= 0.6 is 0 Å². The summed E-state index contributed by atoms with van der Waals surface area (Å²) in [7, 11) is 0. The molecule has 3 aliphatic rings. The van der Waals surface area contributed by atoms with Gasteiger partial charge in [-0.3, -0.25) is 0 Å². The standard InChI is InChI=1S/C14H20O3/c1-3-11(16)17-14-6-10-4-9(12(10)14)5-13(2,7-14)8-15/h3,9-10,12,15H,1,4-8H2,2H3. The van der Waals surface area contributed by atoms with E-state index in [1.165, 1.54) is 12.5 Å². The highest BCUT2D eigenvalue weighted by Gasteiger charge is 2.69. The molecule has 0 aromatic rings. The second-order valence-electron chi connectivity index (χ2n) is 6.53. The zero-order chi connectivity index (χ0) is 12.3. The molecule has 0 spiro atoms. The van der Waals surface area contributed by atoms with Crippen LogP contribution in [0.1, 0.15) is 32.6 Å². The summed E-state index contributed by atoms with van der Waals surface area (Å²) in [6.45, 7) is 5.77. The quantitative estimate of drug-likeness (QED) is 0.601. The SMILES string of the molecule is C=CC(=O)OC12CC3CC(CC(C)(CO)C1)C32. The molecule has 5 unspecified atom stereocenters. The molecule has 0 bridgehead atoms. The van der Waals surface area contributed by atoms with E-state index in [4.69, 9.17) is 4.74 Å².